The van der Waals surface area contributed by atoms with Gasteiger partial charge in [0.2, 0.25) is 0 Å². The standard InChI is InChI=1S/C99H129N9O9/c1-94(2,3)76-52-64-46-70-58-79(97(10,11)12)60-72(88(70)115-43-37-103-91(109)106-82-28-22-19-23-29-82)48-66-54-77(95(4,5)6)56-68(86(66)113-41-35-101)50-74-62-81(99(16,17)18)63-75(90(74)117-45-39-105-93(111)108-84-32-26-21-27-33-84)51-69-57-78(96(7,8)9)55-67(87(69)114-42-36-102)49-73-61-80(98(13,14)15)59-71(47-65(53-76)85(64)112-40-34-100)89(73)116-44-38-104-92(110)107-83-30-24-20-25-31-83/h19-33,52-63H,34-51,100-102H2,1-18H3,(H2,103,106,109)(H2,104,107,110)(H2,105,108,111). The minimum atomic E-state index is -0.372. The number of benzene rings is 9. The fourth-order valence-corrected chi connectivity index (χ4v) is 14.6. The molecule has 9 aromatic carbocycles. The quantitative estimate of drug-likeness (QED) is 0.0256. The molecule has 0 unspecified atom stereocenters. The molecule has 624 valence electrons. The van der Waals surface area contributed by atoms with E-state index in [0.29, 0.717) is 90.1 Å². The van der Waals surface area contributed by atoms with E-state index in [4.69, 9.17) is 45.6 Å². The molecule has 0 aliphatic heterocycles. The van der Waals surface area contributed by atoms with Gasteiger partial charge in [-0.1, -0.05) is 252 Å². The molecule has 12 N–H and O–H groups in total. The Balaban J connectivity index is 1.30. The summed E-state index contributed by atoms with van der Waals surface area (Å²) < 4.78 is 43.6. The fourth-order valence-electron chi connectivity index (χ4n) is 14.6. The van der Waals surface area contributed by atoms with Crippen molar-refractivity contribution in [1.82, 2.24) is 16.0 Å². The van der Waals surface area contributed by atoms with Crippen LogP contribution >= 0.6 is 0 Å². The molecule has 0 saturated carbocycles. The zero-order valence-corrected chi connectivity index (χ0v) is 72.7. The third-order valence-electron chi connectivity index (χ3n) is 21.0. The first-order valence-electron chi connectivity index (χ1n) is 41.5. The summed E-state index contributed by atoms with van der Waals surface area (Å²) in [5.41, 5.74) is 37.1. The molecule has 10 rings (SSSR count). The van der Waals surface area contributed by atoms with Gasteiger partial charge < -0.3 is 77.5 Å². The van der Waals surface area contributed by atoms with Crippen LogP contribution in [0.15, 0.2) is 164 Å². The topological polar surface area (TPSA) is 257 Å². The van der Waals surface area contributed by atoms with Crippen molar-refractivity contribution in [1.29, 1.82) is 0 Å². The van der Waals surface area contributed by atoms with Gasteiger partial charge in [0.05, 0.1) is 19.6 Å². The molecule has 0 saturated heterocycles. The van der Waals surface area contributed by atoms with E-state index in [1.807, 2.05) is 91.0 Å². The highest BCUT2D eigenvalue weighted by atomic mass is 16.5. The highest BCUT2D eigenvalue weighted by Crippen LogP contribution is 2.47. The van der Waals surface area contributed by atoms with Crippen molar-refractivity contribution in [3.8, 4) is 34.5 Å². The summed E-state index contributed by atoms with van der Waals surface area (Å²) in [7, 11) is 0. The number of fused-ring (bicyclic) bond motifs is 12. The molecule has 18 heteroatoms. The van der Waals surface area contributed by atoms with Crippen LogP contribution in [0.5, 0.6) is 34.5 Å². The molecule has 0 heterocycles. The Labute approximate surface area is 696 Å². The molecule has 12 bridgehead atoms. The van der Waals surface area contributed by atoms with E-state index in [1.165, 1.54) is 0 Å². The summed E-state index contributed by atoms with van der Waals surface area (Å²) in [4.78, 5) is 41.1. The molecule has 117 heavy (non-hydrogen) atoms. The number of urea groups is 3. The molecule has 9 aromatic rings. The number of hydrogen-bond donors (Lipinski definition) is 9. The molecule has 0 aromatic heterocycles. The second kappa shape index (κ2) is 38.7. The van der Waals surface area contributed by atoms with Gasteiger partial charge in [0.25, 0.3) is 0 Å². The van der Waals surface area contributed by atoms with Crippen LogP contribution in [0.4, 0.5) is 31.4 Å². The molecule has 0 atom stereocenters. The number of hydrogen-bond acceptors (Lipinski definition) is 12. The lowest BCUT2D eigenvalue weighted by molar-refractivity contribution is 0.246. The van der Waals surface area contributed by atoms with Crippen molar-refractivity contribution in [3.63, 3.8) is 0 Å². The lowest BCUT2D eigenvalue weighted by Crippen LogP contribution is -2.32. The van der Waals surface area contributed by atoms with Crippen LogP contribution in [0.25, 0.3) is 0 Å². The predicted molar refractivity (Wildman–Crippen MR) is 478 cm³/mol. The summed E-state index contributed by atoms with van der Waals surface area (Å²) in [6, 6.07) is 54.6. The van der Waals surface area contributed by atoms with Gasteiger partial charge in [0, 0.05) is 75.2 Å². The smallest absolute Gasteiger partial charge is 0.319 e. The van der Waals surface area contributed by atoms with E-state index in [-0.39, 0.29) is 129 Å². The summed E-state index contributed by atoms with van der Waals surface area (Å²) in [6.45, 7) is 42.7. The van der Waals surface area contributed by atoms with E-state index >= 15 is 0 Å². The van der Waals surface area contributed by atoms with Crippen molar-refractivity contribution in [3.05, 3.63) is 264 Å². The number of rotatable bonds is 24. The molecule has 18 nitrogen and oxygen atoms in total. The van der Waals surface area contributed by atoms with Gasteiger partial charge in [-0.3, -0.25) is 0 Å². The van der Waals surface area contributed by atoms with Crippen LogP contribution in [0, 0.1) is 0 Å². The van der Waals surface area contributed by atoms with Crippen molar-refractivity contribution in [2.24, 2.45) is 17.2 Å². The highest BCUT2D eigenvalue weighted by molar-refractivity contribution is 5.90. The molecular formula is C99H129N9O9. The number of carbonyl (C=O) groups is 3. The SMILES string of the molecule is CC(C)(C)c1cc2c(OCCN)c(c1)Cc1cc(C(C)(C)C)cc(c1OCCNC(=O)Nc1ccccc1)Cc1cc(C(C)(C)C)cc(c1OCCN)Cc1cc(C(C)(C)C)cc(c1OCCNC(=O)Nc1ccccc1)Cc1cc(C(C)(C)C)cc(c1OCCN)Cc1cc(C(C)(C)C)cc(c1OCCNC(=O)Nc1ccccc1)C2. The summed E-state index contributed by atoms with van der Waals surface area (Å²) in [5, 5.41) is 18.2. The average Bonchev–Trinajstić information content (AvgIpc) is 0.764. The van der Waals surface area contributed by atoms with Gasteiger partial charge in [-0.25, -0.2) is 14.4 Å². The van der Waals surface area contributed by atoms with Gasteiger partial charge in [0.1, 0.15) is 74.1 Å². The Morgan fingerprint density at radius 2 is 0.410 bits per heavy atom. The van der Waals surface area contributed by atoms with E-state index in [1.54, 1.807) is 0 Å². The average molecular weight is 1590 g/mol. The number of anilines is 3. The van der Waals surface area contributed by atoms with Crippen LogP contribution in [0.1, 0.15) is 225 Å². The first-order valence-corrected chi connectivity index (χ1v) is 41.5. The van der Waals surface area contributed by atoms with Gasteiger partial charge in [-0.2, -0.15) is 0 Å². The monoisotopic (exact) mass is 1590 g/mol. The molecular weight excluding hydrogens is 1460 g/mol. The van der Waals surface area contributed by atoms with Crippen molar-refractivity contribution in [2.45, 2.75) is 196 Å². The number of para-hydroxylation sites is 3. The number of ether oxygens (including phenoxy) is 6. The zero-order chi connectivity index (χ0) is 84.6. The van der Waals surface area contributed by atoms with E-state index in [9.17, 15) is 14.4 Å². The van der Waals surface area contributed by atoms with Gasteiger partial charge in [0.15, 0.2) is 0 Å². The van der Waals surface area contributed by atoms with Gasteiger partial charge in [-0.05, 0) is 169 Å². The maximum absolute atomic E-state index is 13.7. The van der Waals surface area contributed by atoms with Crippen molar-refractivity contribution >= 4 is 35.2 Å². The third kappa shape index (κ3) is 24.5. The first-order chi connectivity index (χ1) is 55.4. The second-order valence-corrected chi connectivity index (χ2v) is 37.0. The van der Waals surface area contributed by atoms with Crippen molar-refractivity contribution in [2.75, 3.05) is 94.9 Å². The van der Waals surface area contributed by atoms with E-state index < -0.39 is 0 Å². The normalized spacial score (nSPS) is 12.8. The van der Waals surface area contributed by atoms with Crippen molar-refractivity contribution < 1.29 is 42.8 Å². The largest absolute Gasteiger partial charge is 0.492 e. The van der Waals surface area contributed by atoms with Gasteiger partial charge >= 0.3 is 18.1 Å². The fraction of sp³-hybridized carbons (Fsp3) is 0.424. The van der Waals surface area contributed by atoms with Crippen LogP contribution in [-0.4, -0.2) is 97.0 Å². The maximum Gasteiger partial charge on any atom is 0.319 e. The Kier molecular flexibility index (Phi) is 29.4. The number of nitrogens with one attached hydrogen (secondary N) is 6. The Hall–Kier alpha value is -10.5. The third-order valence-corrected chi connectivity index (χ3v) is 21.0. The van der Waals surface area contributed by atoms with E-state index in [0.717, 1.165) is 100 Å². The molecule has 1 aliphatic rings. The summed E-state index contributed by atoms with van der Waals surface area (Å²) in [5.74, 6) is 4.12. The van der Waals surface area contributed by atoms with Gasteiger partial charge in [-0.15, -0.1) is 0 Å². The van der Waals surface area contributed by atoms with Crippen LogP contribution in [0.3, 0.4) is 0 Å². The van der Waals surface area contributed by atoms with E-state index in [2.05, 4.69) is 229 Å². The number of amides is 6. The minimum Gasteiger partial charge on any atom is -0.492 e. The Morgan fingerprint density at radius 1 is 0.256 bits per heavy atom. The predicted octanol–water partition coefficient (Wildman–Crippen LogP) is 18.9. The molecule has 0 spiro atoms. The molecule has 0 fully saturated rings. The molecule has 1 aliphatic carbocycles. The number of carbonyl (C=O) groups excluding carboxylic acids is 3. The number of nitrogens with two attached hydrogens (primary N) is 3. The molecule has 0 radical (unpaired) electrons. The summed E-state index contributed by atoms with van der Waals surface area (Å²) in [6.07, 6.45) is 2.18. The van der Waals surface area contributed by atoms with Crippen LogP contribution in [0.2, 0.25) is 0 Å². The van der Waals surface area contributed by atoms with Crippen LogP contribution < -0.4 is 77.5 Å². The maximum atomic E-state index is 13.7. The lowest BCUT2D eigenvalue weighted by atomic mass is 9.79. The Bertz CT molecular complexity index is 4250. The lowest BCUT2D eigenvalue weighted by Gasteiger charge is -2.29. The molecule has 6 amide bonds. The van der Waals surface area contributed by atoms with Crippen LogP contribution in [-0.2, 0) is 71.0 Å². The first kappa shape index (κ1) is 88.8. The minimum absolute atomic E-state index is 0.122. The highest BCUT2D eigenvalue weighted by Gasteiger charge is 2.32. The second-order valence-electron chi connectivity index (χ2n) is 37.0. The Morgan fingerprint density at radius 3 is 0.556 bits per heavy atom. The summed E-state index contributed by atoms with van der Waals surface area (Å²) >= 11 is 0. The zero-order valence-electron chi connectivity index (χ0n) is 72.7.